The van der Waals surface area contributed by atoms with Crippen LogP contribution in [-0.4, -0.2) is 16.3 Å². The number of aryl methyl sites for hydroxylation is 1. The maximum atomic E-state index is 13.0. The number of pyridine rings is 1. The van der Waals surface area contributed by atoms with Gasteiger partial charge in [-0.15, -0.1) is 0 Å². The molecule has 0 spiro atoms. The summed E-state index contributed by atoms with van der Waals surface area (Å²) in [5.41, 5.74) is 1.94. The lowest BCUT2D eigenvalue weighted by Crippen LogP contribution is -2.42. The Morgan fingerprint density at radius 1 is 1.27 bits per heavy atom. The Morgan fingerprint density at radius 2 is 2.06 bits per heavy atom. The minimum Gasteiger partial charge on any atom is -0.461 e. The van der Waals surface area contributed by atoms with Gasteiger partial charge < -0.3 is 9.47 Å². The number of aromatic nitrogens is 1. The Balaban J connectivity index is 1.51. The maximum absolute atomic E-state index is 13.0. The summed E-state index contributed by atoms with van der Waals surface area (Å²) >= 11 is 0. The van der Waals surface area contributed by atoms with Gasteiger partial charge in [0, 0.05) is 38.6 Å². The second-order valence-corrected chi connectivity index (χ2v) is 8.68. The fourth-order valence-corrected chi connectivity index (χ4v) is 3.88. The molecule has 5 nitrogen and oxygen atoms in total. The number of hydrogen-bond donors (Lipinski definition) is 1. The SMILES string of the molecule is Cc1ncc(CNC2(C#N)C=CC(c3cccc(C(F)(F)F)c3)=CC2)c2c1OC(C)(C)OC2. The van der Waals surface area contributed by atoms with Crippen LogP contribution in [0.4, 0.5) is 13.2 Å². The summed E-state index contributed by atoms with van der Waals surface area (Å²) in [7, 11) is 0. The van der Waals surface area contributed by atoms with Crippen LogP contribution in [0.25, 0.3) is 5.57 Å². The quantitative estimate of drug-likeness (QED) is 0.664. The van der Waals surface area contributed by atoms with Crippen LogP contribution in [0.1, 0.15) is 48.2 Å². The minimum atomic E-state index is -4.41. The van der Waals surface area contributed by atoms with Gasteiger partial charge in [0.2, 0.25) is 5.79 Å². The number of nitrogens with one attached hydrogen (secondary N) is 1. The molecule has 1 unspecified atom stereocenters. The molecule has 1 aromatic heterocycles. The Bertz CT molecular complexity index is 1180. The highest BCUT2D eigenvalue weighted by Gasteiger charge is 2.33. The van der Waals surface area contributed by atoms with Crippen molar-refractivity contribution in [2.45, 2.75) is 57.8 Å². The molecule has 172 valence electrons. The summed E-state index contributed by atoms with van der Waals surface area (Å²) in [5.74, 6) is -0.0433. The van der Waals surface area contributed by atoms with E-state index >= 15 is 0 Å². The van der Waals surface area contributed by atoms with Crippen molar-refractivity contribution in [1.29, 1.82) is 5.26 Å². The van der Waals surface area contributed by atoms with E-state index in [1.54, 1.807) is 30.5 Å². The number of fused-ring (bicyclic) bond motifs is 1. The Labute approximate surface area is 190 Å². The number of nitrogens with zero attached hydrogens (tertiary/aromatic N) is 2. The number of allylic oxidation sites excluding steroid dienone is 2. The van der Waals surface area contributed by atoms with E-state index in [1.165, 1.54) is 6.07 Å². The second-order valence-electron chi connectivity index (χ2n) is 8.68. The normalized spacial score (nSPS) is 21.5. The molecule has 8 heteroatoms. The zero-order valence-electron chi connectivity index (χ0n) is 18.6. The summed E-state index contributed by atoms with van der Waals surface area (Å²) in [5, 5.41) is 13.1. The lowest BCUT2D eigenvalue weighted by atomic mass is 9.87. The van der Waals surface area contributed by atoms with E-state index in [9.17, 15) is 18.4 Å². The van der Waals surface area contributed by atoms with Gasteiger partial charge in [0.25, 0.3) is 0 Å². The summed E-state index contributed by atoms with van der Waals surface area (Å²) in [4.78, 5) is 4.42. The Hall–Kier alpha value is -3.15. The van der Waals surface area contributed by atoms with E-state index in [0.29, 0.717) is 36.5 Å². The van der Waals surface area contributed by atoms with Crippen LogP contribution in [0.3, 0.4) is 0 Å². The van der Waals surface area contributed by atoms with Crippen LogP contribution >= 0.6 is 0 Å². The van der Waals surface area contributed by atoms with E-state index < -0.39 is 23.1 Å². The van der Waals surface area contributed by atoms with E-state index in [-0.39, 0.29) is 0 Å². The average molecular weight is 455 g/mol. The molecular weight excluding hydrogens is 431 g/mol. The first-order valence-corrected chi connectivity index (χ1v) is 10.6. The van der Waals surface area contributed by atoms with Crippen LogP contribution in [0, 0.1) is 18.3 Å². The predicted octanol–water partition coefficient (Wildman–Crippen LogP) is 5.45. The van der Waals surface area contributed by atoms with Crippen LogP contribution in [0.15, 0.2) is 48.7 Å². The predicted molar refractivity (Wildman–Crippen MR) is 117 cm³/mol. The molecule has 0 radical (unpaired) electrons. The summed E-state index contributed by atoms with van der Waals surface area (Å²) in [6, 6.07) is 7.47. The van der Waals surface area contributed by atoms with Crippen molar-refractivity contribution in [3.63, 3.8) is 0 Å². The fourth-order valence-electron chi connectivity index (χ4n) is 3.88. The average Bonchev–Trinajstić information content (AvgIpc) is 2.78. The standard InChI is InChI=1S/C25H24F3N3O2/c1-16-22-21(14-32-23(2,3)33-22)19(12-30-16)13-31-24(15-29)9-7-17(8-10-24)18-5-4-6-20(11-18)25(26,27)28/h4-9,11-12,31H,10,13-14H2,1-3H3. The molecule has 1 aromatic carbocycles. The third-order valence-corrected chi connectivity index (χ3v) is 5.82. The monoisotopic (exact) mass is 455 g/mol. The third-order valence-electron chi connectivity index (χ3n) is 5.82. The van der Waals surface area contributed by atoms with Crippen molar-refractivity contribution >= 4 is 5.57 Å². The molecular formula is C25H24F3N3O2. The summed E-state index contributed by atoms with van der Waals surface area (Å²) < 4.78 is 50.9. The Kier molecular flexibility index (Phi) is 5.81. The van der Waals surface area contributed by atoms with Crippen molar-refractivity contribution in [2.24, 2.45) is 0 Å². The molecule has 1 aliphatic heterocycles. The minimum absolute atomic E-state index is 0.313. The molecule has 0 fully saturated rings. The number of halogens is 3. The number of benzene rings is 1. The number of alkyl halides is 3. The molecule has 2 aliphatic rings. The smallest absolute Gasteiger partial charge is 0.416 e. The van der Waals surface area contributed by atoms with Crippen LogP contribution in [0.5, 0.6) is 5.75 Å². The first-order chi connectivity index (χ1) is 15.5. The molecule has 2 heterocycles. The molecule has 0 amide bonds. The molecule has 2 aromatic rings. The highest BCUT2D eigenvalue weighted by atomic mass is 19.4. The maximum Gasteiger partial charge on any atom is 0.416 e. The van der Waals surface area contributed by atoms with Crippen molar-refractivity contribution < 1.29 is 22.6 Å². The first kappa shape index (κ1) is 23.0. The second kappa shape index (κ2) is 8.32. The van der Waals surface area contributed by atoms with Gasteiger partial charge in [0.15, 0.2) is 0 Å². The van der Waals surface area contributed by atoms with Gasteiger partial charge in [-0.25, -0.2) is 0 Å². The number of ether oxygens (including phenoxy) is 2. The van der Waals surface area contributed by atoms with Crippen molar-refractivity contribution in [2.75, 3.05) is 0 Å². The van der Waals surface area contributed by atoms with Crippen LogP contribution in [-0.2, 0) is 24.1 Å². The highest BCUT2D eigenvalue weighted by molar-refractivity contribution is 5.76. The molecule has 4 rings (SSSR count). The van der Waals surface area contributed by atoms with Crippen molar-refractivity contribution in [3.8, 4) is 11.8 Å². The zero-order valence-corrected chi connectivity index (χ0v) is 18.6. The molecule has 0 saturated heterocycles. The fraction of sp³-hybridized carbons (Fsp3) is 0.360. The number of hydrogen-bond acceptors (Lipinski definition) is 5. The van der Waals surface area contributed by atoms with Crippen LogP contribution in [0.2, 0.25) is 0 Å². The summed E-state index contributed by atoms with van der Waals surface area (Å²) in [6.07, 6.45) is 2.82. The van der Waals surface area contributed by atoms with Gasteiger partial charge >= 0.3 is 6.18 Å². The Morgan fingerprint density at radius 3 is 2.73 bits per heavy atom. The van der Waals surface area contributed by atoms with Gasteiger partial charge in [-0.05, 0) is 41.8 Å². The molecule has 0 saturated carbocycles. The van der Waals surface area contributed by atoms with Gasteiger partial charge in [0.1, 0.15) is 11.3 Å². The lowest BCUT2D eigenvalue weighted by Gasteiger charge is -2.34. The van der Waals surface area contributed by atoms with E-state index in [1.807, 2.05) is 20.8 Å². The molecule has 33 heavy (non-hydrogen) atoms. The van der Waals surface area contributed by atoms with Gasteiger partial charge in [-0.3, -0.25) is 10.3 Å². The van der Waals surface area contributed by atoms with Crippen LogP contribution < -0.4 is 10.1 Å². The largest absolute Gasteiger partial charge is 0.461 e. The molecule has 0 bridgehead atoms. The van der Waals surface area contributed by atoms with E-state index in [0.717, 1.165) is 29.0 Å². The molecule has 1 atom stereocenters. The number of nitriles is 1. The van der Waals surface area contributed by atoms with E-state index in [4.69, 9.17) is 9.47 Å². The van der Waals surface area contributed by atoms with Gasteiger partial charge in [0.05, 0.1) is 23.9 Å². The zero-order chi connectivity index (χ0) is 23.9. The van der Waals surface area contributed by atoms with Crippen molar-refractivity contribution in [3.05, 3.63) is 76.6 Å². The lowest BCUT2D eigenvalue weighted by molar-refractivity contribution is -0.180. The van der Waals surface area contributed by atoms with E-state index in [2.05, 4.69) is 16.4 Å². The molecule has 1 N–H and O–H groups in total. The number of rotatable bonds is 4. The highest BCUT2D eigenvalue weighted by Crippen LogP contribution is 2.36. The van der Waals surface area contributed by atoms with Gasteiger partial charge in [-0.1, -0.05) is 24.3 Å². The molecule has 1 aliphatic carbocycles. The first-order valence-electron chi connectivity index (χ1n) is 10.6. The summed E-state index contributed by atoms with van der Waals surface area (Å²) in [6.45, 7) is 6.28. The van der Waals surface area contributed by atoms with Crippen molar-refractivity contribution in [1.82, 2.24) is 10.3 Å². The van der Waals surface area contributed by atoms with Gasteiger partial charge in [-0.2, -0.15) is 18.4 Å². The topological polar surface area (TPSA) is 67.2 Å². The third kappa shape index (κ3) is 4.80.